The molecular weight excluding hydrogens is 320 g/mol. The fourth-order valence-electron chi connectivity index (χ4n) is 3.85. The standard InChI is InChI=1S/C16H16O8/c17-8-1-2-10(18)9(5-8)11(19)6-15-4-3-12(20)16(15,13(21)22)7-24-14(15)23/h1-2,5,12,17-18,20H,3-4,6-7H2,(H,21,22). The molecule has 8 heteroatoms. The Morgan fingerprint density at radius 1 is 1.29 bits per heavy atom. The highest BCUT2D eigenvalue weighted by molar-refractivity contribution is 6.04. The number of hydrogen-bond donors (Lipinski definition) is 4. The number of aliphatic hydroxyl groups is 1. The van der Waals surface area contributed by atoms with E-state index in [2.05, 4.69) is 0 Å². The van der Waals surface area contributed by atoms with Crippen LogP contribution < -0.4 is 0 Å². The molecule has 0 amide bonds. The van der Waals surface area contributed by atoms with E-state index in [4.69, 9.17) is 4.74 Å². The number of hydrogen-bond acceptors (Lipinski definition) is 7. The van der Waals surface area contributed by atoms with Gasteiger partial charge in [0.2, 0.25) is 0 Å². The number of ether oxygens (including phenoxy) is 1. The van der Waals surface area contributed by atoms with Crippen LogP contribution in [-0.4, -0.2) is 50.9 Å². The van der Waals surface area contributed by atoms with Gasteiger partial charge in [-0.1, -0.05) is 0 Å². The topological polar surface area (TPSA) is 141 Å². The molecule has 3 atom stereocenters. The lowest BCUT2D eigenvalue weighted by atomic mass is 9.64. The van der Waals surface area contributed by atoms with E-state index < -0.39 is 47.7 Å². The van der Waals surface area contributed by atoms with E-state index in [1.54, 1.807) is 0 Å². The van der Waals surface area contributed by atoms with E-state index in [0.29, 0.717) is 0 Å². The van der Waals surface area contributed by atoms with Crippen LogP contribution in [0.5, 0.6) is 11.5 Å². The molecule has 1 aliphatic carbocycles. The van der Waals surface area contributed by atoms with Gasteiger partial charge in [0.1, 0.15) is 23.5 Å². The van der Waals surface area contributed by atoms with Gasteiger partial charge in [-0.15, -0.1) is 0 Å². The molecule has 0 bridgehead atoms. The number of aliphatic carboxylic acids is 1. The second-order valence-corrected chi connectivity index (χ2v) is 6.29. The summed E-state index contributed by atoms with van der Waals surface area (Å²) in [7, 11) is 0. The van der Waals surface area contributed by atoms with E-state index in [1.165, 1.54) is 6.07 Å². The average molecular weight is 336 g/mol. The number of Topliss-reactive ketones (excluding diaryl/α,β-unsaturated/α-hetero) is 1. The highest BCUT2D eigenvalue weighted by atomic mass is 16.5. The van der Waals surface area contributed by atoms with Crippen molar-refractivity contribution in [2.24, 2.45) is 10.8 Å². The quantitative estimate of drug-likeness (QED) is 0.352. The Labute approximate surface area is 136 Å². The number of phenols is 2. The second kappa shape index (κ2) is 5.20. The van der Waals surface area contributed by atoms with Crippen LogP contribution in [-0.2, 0) is 14.3 Å². The molecule has 128 valence electrons. The molecule has 2 fully saturated rings. The number of benzene rings is 1. The van der Waals surface area contributed by atoms with Crippen molar-refractivity contribution in [3.63, 3.8) is 0 Å². The number of ketones is 1. The predicted octanol–water partition coefficient (Wildman–Crippen LogP) is 0.439. The van der Waals surface area contributed by atoms with Gasteiger partial charge in [0.05, 0.1) is 17.1 Å². The zero-order valence-corrected chi connectivity index (χ0v) is 12.6. The average Bonchev–Trinajstić information content (AvgIpc) is 2.97. The van der Waals surface area contributed by atoms with Crippen molar-refractivity contribution in [2.75, 3.05) is 6.61 Å². The van der Waals surface area contributed by atoms with Crippen molar-refractivity contribution in [3.05, 3.63) is 23.8 Å². The summed E-state index contributed by atoms with van der Waals surface area (Å²) in [5, 5.41) is 39.1. The molecular formula is C16H16O8. The molecule has 4 N–H and O–H groups in total. The third-order valence-corrected chi connectivity index (χ3v) is 5.21. The third-order valence-electron chi connectivity index (χ3n) is 5.21. The Morgan fingerprint density at radius 2 is 2.00 bits per heavy atom. The van der Waals surface area contributed by atoms with Crippen LogP contribution in [0.1, 0.15) is 29.6 Å². The van der Waals surface area contributed by atoms with Crippen LogP contribution >= 0.6 is 0 Å². The molecule has 3 rings (SSSR count). The smallest absolute Gasteiger partial charge is 0.317 e. The van der Waals surface area contributed by atoms with Gasteiger partial charge in [0.15, 0.2) is 5.78 Å². The van der Waals surface area contributed by atoms with Gasteiger partial charge in [-0.25, -0.2) is 0 Å². The van der Waals surface area contributed by atoms with E-state index >= 15 is 0 Å². The summed E-state index contributed by atoms with van der Waals surface area (Å²) >= 11 is 0. The van der Waals surface area contributed by atoms with Gasteiger partial charge in [-0.2, -0.15) is 0 Å². The van der Waals surface area contributed by atoms with Crippen LogP contribution in [0.3, 0.4) is 0 Å². The number of phenolic OH excluding ortho intramolecular Hbond substituents is 2. The normalized spacial score (nSPS) is 31.5. The molecule has 0 spiro atoms. The zero-order valence-electron chi connectivity index (χ0n) is 12.6. The van der Waals surface area contributed by atoms with Crippen molar-refractivity contribution < 1.29 is 39.5 Å². The summed E-state index contributed by atoms with van der Waals surface area (Å²) in [4.78, 5) is 36.7. The molecule has 1 heterocycles. The first kappa shape index (κ1) is 16.3. The number of rotatable bonds is 4. The van der Waals surface area contributed by atoms with Gasteiger partial charge in [-0.05, 0) is 31.0 Å². The maximum Gasteiger partial charge on any atom is 0.317 e. The summed E-state index contributed by atoms with van der Waals surface area (Å²) in [5.74, 6) is -3.58. The molecule has 0 aromatic heterocycles. The van der Waals surface area contributed by atoms with E-state index in [9.17, 15) is 34.8 Å². The Morgan fingerprint density at radius 3 is 2.67 bits per heavy atom. The van der Waals surface area contributed by atoms with Gasteiger partial charge >= 0.3 is 11.9 Å². The highest BCUT2D eigenvalue weighted by Crippen LogP contribution is 2.60. The first-order chi connectivity index (χ1) is 11.2. The van der Waals surface area contributed by atoms with Crippen LogP contribution in [0, 0.1) is 10.8 Å². The monoisotopic (exact) mass is 336 g/mol. The summed E-state index contributed by atoms with van der Waals surface area (Å²) in [6.45, 7) is -0.498. The maximum atomic E-state index is 12.6. The van der Waals surface area contributed by atoms with Gasteiger partial charge in [0, 0.05) is 6.42 Å². The molecule has 1 saturated heterocycles. The highest BCUT2D eigenvalue weighted by Gasteiger charge is 2.73. The van der Waals surface area contributed by atoms with E-state index in [0.717, 1.165) is 12.1 Å². The van der Waals surface area contributed by atoms with Crippen molar-refractivity contribution in [3.8, 4) is 11.5 Å². The summed E-state index contributed by atoms with van der Waals surface area (Å²) in [5.41, 5.74) is -3.79. The molecule has 8 nitrogen and oxygen atoms in total. The first-order valence-corrected chi connectivity index (χ1v) is 7.38. The number of carboxylic acid groups (broad SMARTS) is 1. The van der Waals surface area contributed by atoms with Crippen molar-refractivity contribution >= 4 is 17.7 Å². The van der Waals surface area contributed by atoms with Gasteiger partial charge < -0.3 is 25.2 Å². The van der Waals surface area contributed by atoms with Crippen LogP contribution in [0.25, 0.3) is 0 Å². The van der Waals surface area contributed by atoms with Crippen molar-refractivity contribution in [2.45, 2.75) is 25.4 Å². The molecule has 1 saturated carbocycles. The number of carbonyl (C=O) groups is 3. The largest absolute Gasteiger partial charge is 0.508 e. The fourth-order valence-corrected chi connectivity index (χ4v) is 3.85. The maximum absolute atomic E-state index is 12.6. The molecule has 24 heavy (non-hydrogen) atoms. The molecule has 1 aliphatic heterocycles. The number of esters is 1. The molecule has 2 aliphatic rings. The van der Waals surface area contributed by atoms with Crippen LogP contribution in [0.4, 0.5) is 0 Å². The van der Waals surface area contributed by atoms with E-state index in [-0.39, 0.29) is 29.9 Å². The minimum absolute atomic E-state index is 0.00931. The van der Waals surface area contributed by atoms with Gasteiger partial charge in [-0.3, -0.25) is 14.4 Å². The lowest BCUT2D eigenvalue weighted by Crippen LogP contribution is -2.51. The fraction of sp³-hybridized carbons (Fsp3) is 0.438. The van der Waals surface area contributed by atoms with Crippen LogP contribution in [0.2, 0.25) is 0 Å². The minimum Gasteiger partial charge on any atom is -0.508 e. The lowest BCUT2D eigenvalue weighted by Gasteiger charge is -2.33. The number of fused-ring (bicyclic) bond motifs is 1. The third kappa shape index (κ3) is 1.92. The summed E-state index contributed by atoms with van der Waals surface area (Å²) in [6, 6.07) is 3.36. The second-order valence-electron chi connectivity index (χ2n) is 6.29. The molecule has 1 aromatic rings. The lowest BCUT2D eigenvalue weighted by molar-refractivity contribution is -0.162. The zero-order chi connectivity index (χ0) is 17.7. The minimum atomic E-state index is -1.88. The van der Waals surface area contributed by atoms with Crippen molar-refractivity contribution in [1.29, 1.82) is 0 Å². The van der Waals surface area contributed by atoms with Crippen LogP contribution in [0.15, 0.2) is 18.2 Å². The Hall–Kier alpha value is -2.61. The Kier molecular flexibility index (Phi) is 3.52. The Balaban J connectivity index is 2.03. The molecule has 1 aromatic carbocycles. The summed E-state index contributed by atoms with van der Waals surface area (Å²) in [6.07, 6.45) is -1.80. The number of aliphatic hydroxyl groups excluding tert-OH is 1. The molecule has 3 unspecified atom stereocenters. The SMILES string of the molecule is O=C(CC12CCC(O)C1(C(=O)O)COC2=O)c1cc(O)ccc1O. The number of aromatic hydroxyl groups is 2. The Bertz CT molecular complexity index is 742. The number of cyclic esters (lactones) is 1. The van der Waals surface area contributed by atoms with E-state index in [1.807, 2.05) is 0 Å². The molecule has 0 radical (unpaired) electrons. The summed E-state index contributed by atoms with van der Waals surface area (Å²) < 4.78 is 4.91. The number of carboxylic acids is 1. The predicted molar refractivity (Wildman–Crippen MR) is 77.4 cm³/mol. The van der Waals surface area contributed by atoms with Crippen molar-refractivity contribution in [1.82, 2.24) is 0 Å². The number of carbonyl (C=O) groups excluding carboxylic acids is 2. The first-order valence-electron chi connectivity index (χ1n) is 7.38. The van der Waals surface area contributed by atoms with Gasteiger partial charge in [0.25, 0.3) is 0 Å².